The van der Waals surface area contributed by atoms with E-state index in [1.807, 2.05) is 37.3 Å². The topological polar surface area (TPSA) is 67.8 Å². The van der Waals surface area contributed by atoms with Gasteiger partial charge < -0.3 is 10.2 Å². The van der Waals surface area contributed by atoms with Crippen LogP contribution >= 0.6 is 0 Å². The van der Waals surface area contributed by atoms with E-state index in [0.717, 1.165) is 11.1 Å². The van der Waals surface area contributed by atoms with Gasteiger partial charge in [0.05, 0.1) is 0 Å². The van der Waals surface area contributed by atoms with E-state index >= 15 is 0 Å². The fourth-order valence-electron chi connectivity index (χ4n) is 2.70. The Morgan fingerprint density at radius 1 is 1.17 bits per heavy atom. The summed E-state index contributed by atoms with van der Waals surface area (Å²) in [5.41, 5.74) is 3.46. The molecule has 1 heterocycles. The molecule has 2 aromatic carbocycles. The van der Waals surface area contributed by atoms with Crippen LogP contribution in [0.5, 0.6) is 0 Å². The largest absolute Gasteiger partial charge is 0.387 e. The minimum atomic E-state index is -0.289. The number of nitrogens with zero attached hydrogens (tertiary/aromatic N) is 1. The fourth-order valence-corrected chi connectivity index (χ4v) is 2.70. The molecule has 1 atom stereocenters. The number of anilines is 1. The molecule has 122 valence electrons. The summed E-state index contributed by atoms with van der Waals surface area (Å²) in [5, 5.41) is 6.71. The maximum Gasteiger partial charge on any atom is 0.273 e. The lowest BCUT2D eigenvalue weighted by Gasteiger charge is -2.08. The van der Waals surface area contributed by atoms with E-state index < -0.39 is 0 Å². The van der Waals surface area contributed by atoms with E-state index in [1.165, 1.54) is 6.92 Å². The van der Waals surface area contributed by atoms with Gasteiger partial charge in [0, 0.05) is 17.7 Å². The molecule has 1 aliphatic heterocycles. The molecule has 0 saturated heterocycles. The van der Waals surface area contributed by atoms with Crippen LogP contribution in [0.4, 0.5) is 5.69 Å². The highest BCUT2D eigenvalue weighted by molar-refractivity contribution is 6.43. The molecule has 3 rings (SSSR count). The van der Waals surface area contributed by atoms with Crippen LogP contribution in [0, 0.1) is 6.92 Å². The summed E-state index contributed by atoms with van der Waals surface area (Å²) in [5.74, 6) is -0.284. The molecule has 0 fully saturated rings. The second kappa shape index (κ2) is 6.66. The Morgan fingerprint density at radius 2 is 1.92 bits per heavy atom. The summed E-state index contributed by atoms with van der Waals surface area (Å²) in [6.45, 7) is 3.36. The highest BCUT2D eigenvalue weighted by Gasteiger charge is 2.27. The van der Waals surface area contributed by atoms with Gasteiger partial charge in [0.2, 0.25) is 0 Å². The van der Waals surface area contributed by atoms with Crippen LogP contribution in [-0.2, 0) is 9.63 Å². The van der Waals surface area contributed by atoms with Crippen LogP contribution < -0.4 is 5.32 Å². The van der Waals surface area contributed by atoms with E-state index in [9.17, 15) is 9.59 Å². The molecule has 0 bridgehead atoms. The molecule has 0 radical (unpaired) electrons. The number of carbonyl (C=O) groups excluding carboxylic acids is 2. The lowest BCUT2D eigenvalue weighted by Crippen LogP contribution is -2.22. The van der Waals surface area contributed by atoms with Crippen molar-refractivity contribution in [2.75, 3.05) is 5.32 Å². The Kier molecular flexibility index (Phi) is 4.42. The van der Waals surface area contributed by atoms with Gasteiger partial charge in [0.25, 0.3) is 5.91 Å². The Bertz CT molecular complexity index is 813. The standard InChI is InChI=1S/C19H18N2O3/c1-12-10-15(8-9-16(12)13(2)22)20-19(23)17-11-18(24-21-17)14-6-4-3-5-7-14/h3-10,18H,11H2,1-2H3,(H,20,23). The number of ketones is 1. The third-order valence-corrected chi connectivity index (χ3v) is 3.97. The number of Topliss-reactive ketones (excluding diaryl/α,β-unsaturated/α-hetero) is 1. The van der Waals surface area contributed by atoms with Crippen molar-refractivity contribution in [1.82, 2.24) is 0 Å². The molecule has 1 N–H and O–H groups in total. The van der Waals surface area contributed by atoms with Gasteiger partial charge in [0.15, 0.2) is 11.9 Å². The van der Waals surface area contributed by atoms with Crippen molar-refractivity contribution in [3.05, 3.63) is 65.2 Å². The predicted octanol–water partition coefficient (Wildman–Crippen LogP) is 3.65. The summed E-state index contributed by atoms with van der Waals surface area (Å²) in [7, 11) is 0. The third-order valence-electron chi connectivity index (χ3n) is 3.97. The third kappa shape index (κ3) is 3.35. The summed E-state index contributed by atoms with van der Waals surface area (Å²) in [4.78, 5) is 29.2. The SMILES string of the molecule is CC(=O)c1ccc(NC(=O)C2=NOC(c3ccccc3)C2)cc1C. The number of hydrogen-bond acceptors (Lipinski definition) is 4. The highest BCUT2D eigenvalue weighted by Crippen LogP contribution is 2.27. The second-order valence-corrected chi connectivity index (χ2v) is 5.79. The summed E-state index contributed by atoms with van der Waals surface area (Å²) >= 11 is 0. The van der Waals surface area contributed by atoms with E-state index in [4.69, 9.17) is 4.84 Å². The number of hydrogen-bond donors (Lipinski definition) is 1. The monoisotopic (exact) mass is 322 g/mol. The quantitative estimate of drug-likeness (QED) is 0.874. The molecule has 0 aliphatic carbocycles. The number of amides is 1. The molecular weight excluding hydrogens is 304 g/mol. The van der Waals surface area contributed by atoms with Gasteiger partial charge in [0.1, 0.15) is 5.71 Å². The lowest BCUT2D eigenvalue weighted by molar-refractivity contribution is -0.110. The van der Waals surface area contributed by atoms with Crippen molar-refractivity contribution < 1.29 is 14.4 Å². The van der Waals surface area contributed by atoms with Crippen molar-refractivity contribution in [1.29, 1.82) is 0 Å². The van der Waals surface area contributed by atoms with Crippen molar-refractivity contribution in [2.45, 2.75) is 26.4 Å². The first kappa shape index (κ1) is 15.9. The summed E-state index contributed by atoms with van der Waals surface area (Å²) < 4.78 is 0. The van der Waals surface area contributed by atoms with Gasteiger partial charge >= 0.3 is 0 Å². The van der Waals surface area contributed by atoms with E-state index in [1.54, 1.807) is 18.2 Å². The molecular formula is C19H18N2O3. The van der Waals surface area contributed by atoms with Crippen LogP contribution in [0.25, 0.3) is 0 Å². The predicted molar refractivity (Wildman–Crippen MR) is 92.1 cm³/mol. The Morgan fingerprint density at radius 3 is 2.58 bits per heavy atom. The van der Waals surface area contributed by atoms with E-state index in [2.05, 4.69) is 10.5 Å². The normalized spacial score (nSPS) is 16.2. The first-order valence-corrected chi connectivity index (χ1v) is 7.75. The van der Waals surface area contributed by atoms with Crippen molar-refractivity contribution in [2.24, 2.45) is 5.16 Å². The van der Waals surface area contributed by atoms with Crippen molar-refractivity contribution >= 4 is 23.1 Å². The minimum Gasteiger partial charge on any atom is -0.387 e. The maximum absolute atomic E-state index is 12.3. The number of rotatable bonds is 4. The minimum absolute atomic E-state index is 0.00430. The van der Waals surface area contributed by atoms with Crippen LogP contribution in [0.3, 0.4) is 0 Å². The summed E-state index contributed by atoms with van der Waals surface area (Å²) in [6, 6.07) is 14.9. The van der Waals surface area contributed by atoms with Crippen LogP contribution in [-0.4, -0.2) is 17.4 Å². The highest BCUT2D eigenvalue weighted by atomic mass is 16.6. The average molecular weight is 322 g/mol. The zero-order valence-electron chi connectivity index (χ0n) is 13.6. The van der Waals surface area contributed by atoms with Gasteiger partial charge in [-0.15, -0.1) is 0 Å². The fraction of sp³-hybridized carbons (Fsp3) is 0.211. The average Bonchev–Trinajstić information content (AvgIpc) is 3.05. The molecule has 5 heteroatoms. The molecule has 0 spiro atoms. The van der Waals surface area contributed by atoms with Gasteiger partial charge in [-0.25, -0.2) is 0 Å². The molecule has 24 heavy (non-hydrogen) atoms. The first-order chi connectivity index (χ1) is 11.5. The summed E-state index contributed by atoms with van der Waals surface area (Å²) in [6.07, 6.45) is 0.203. The zero-order valence-corrected chi connectivity index (χ0v) is 13.6. The van der Waals surface area contributed by atoms with Crippen LogP contribution in [0.15, 0.2) is 53.7 Å². The van der Waals surface area contributed by atoms with Gasteiger partial charge in [-0.05, 0) is 43.2 Å². The van der Waals surface area contributed by atoms with Crippen molar-refractivity contribution in [3.63, 3.8) is 0 Å². The van der Waals surface area contributed by atoms with Gasteiger partial charge in [-0.1, -0.05) is 35.5 Å². The molecule has 1 amide bonds. The number of oxime groups is 1. The molecule has 0 saturated carbocycles. The molecule has 2 aromatic rings. The number of nitrogens with one attached hydrogen (secondary N) is 1. The number of carbonyl (C=O) groups is 2. The Balaban J connectivity index is 1.66. The Labute approximate surface area is 140 Å². The lowest BCUT2D eigenvalue weighted by atomic mass is 10.0. The smallest absolute Gasteiger partial charge is 0.273 e. The van der Waals surface area contributed by atoms with Gasteiger partial charge in [-0.2, -0.15) is 0 Å². The number of aryl methyl sites for hydroxylation is 1. The maximum atomic E-state index is 12.3. The van der Waals surface area contributed by atoms with E-state index in [-0.39, 0.29) is 17.8 Å². The second-order valence-electron chi connectivity index (χ2n) is 5.79. The zero-order chi connectivity index (χ0) is 17.1. The van der Waals surface area contributed by atoms with Gasteiger partial charge in [-0.3, -0.25) is 9.59 Å². The first-order valence-electron chi connectivity index (χ1n) is 7.75. The van der Waals surface area contributed by atoms with Crippen LogP contribution in [0.2, 0.25) is 0 Å². The molecule has 5 nitrogen and oxygen atoms in total. The Hall–Kier alpha value is -2.95. The molecule has 1 aliphatic rings. The van der Waals surface area contributed by atoms with Crippen molar-refractivity contribution in [3.8, 4) is 0 Å². The number of benzene rings is 2. The van der Waals surface area contributed by atoms with E-state index in [0.29, 0.717) is 23.4 Å². The molecule has 1 unspecified atom stereocenters. The van der Waals surface area contributed by atoms with Crippen LogP contribution in [0.1, 0.15) is 40.9 Å². The molecule has 0 aromatic heterocycles.